The summed E-state index contributed by atoms with van der Waals surface area (Å²) in [5.41, 5.74) is 2.26. The smallest absolute Gasteiger partial charge is 0.247 e. The number of halogens is 2. The second kappa shape index (κ2) is 9.34. The van der Waals surface area contributed by atoms with Crippen molar-refractivity contribution in [1.82, 2.24) is 39.6 Å². The molecule has 1 amide bonds. The molecule has 5 aromatic heterocycles. The molecule has 2 atom stereocenters. The maximum atomic E-state index is 13.5. The largest absolute Gasteiger partial charge is 0.325 e. The van der Waals surface area contributed by atoms with Gasteiger partial charge in [-0.3, -0.25) is 14.6 Å². The Balaban J connectivity index is 1.23. The van der Waals surface area contributed by atoms with Crippen LogP contribution in [0.25, 0.3) is 5.52 Å². The minimum Gasteiger partial charge on any atom is -0.325 e. The molecule has 14 heteroatoms. The fourth-order valence-corrected chi connectivity index (χ4v) is 5.07. The van der Waals surface area contributed by atoms with Crippen LogP contribution < -0.4 is 15.5 Å². The van der Waals surface area contributed by atoms with Gasteiger partial charge in [0.05, 0.1) is 29.1 Å². The highest BCUT2D eigenvalue weighted by molar-refractivity contribution is 6.30. The third-order valence-electron chi connectivity index (χ3n) is 7.02. The van der Waals surface area contributed by atoms with E-state index in [2.05, 4.69) is 30.9 Å². The van der Waals surface area contributed by atoms with Gasteiger partial charge in [-0.05, 0) is 37.1 Å². The van der Waals surface area contributed by atoms with Gasteiger partial charge in [0, 0.05) is 43.0 Å². The molecule has 5 aromatic rings. The summed E-state index contributed by atoms with van der Waals surface area (Å²) in [6, 6.07) is 7.64. The van der Waals surface area contributed by atoms with E-state index in [1.165, 1.54) is 18.3 Å². The Labute approximate surface area is 226 Å². The summed E-state index contributed by atoms with van der Waals surface area (Å²) in [5, 5.41) is 23.2. The van der Waals surface area contributed by atoms with Crippen LogP contribution in [0.2, 0.25) is 5.02 Å². The highest BCUT2D eigenvalue weighted by Gasteiger charge is 2.40. The van der Waals surface area contributed by atoms with Gasteiger partial charge in [0.25, 0.3) is 0 Å². The number of amides is 1. The van der Waals surface area contributed by atoms with E-state index < -0.39 is 12.0 Å². The topological polar surface area (TPSA) is 134 Å². The lowest BCUT2D eigenvalue weighted by Crippen LogP contribution is -2.41. The molecule has 0 aromatic carbocycles. The van der Waals surface area contributed by atoms with Gasteiger partial charge in [-0.2, -0.15) is 19.6 Å². The first-order valence-electron chi connectivity index (χ1n) is 12.6. The molecule has 3 N–H and O–H groups in total. The first kappa shape index (κ1) is 23.6. The van der Waals surface area contributed by atoms with Crippen molar-refractivity contribution in [2.45, 2.75) is 37.3 Å². The minimum atomic E-state index is -0.643. The molecule has 1 saturated carbocycles. The Morgan fingerprint density at radius 3 is 2.87 bits per heavy atom. The number of nitrogens with one attached hydrogen (secondary N) is 3. The number of rotatable bonds is 7. The number of fused-ring (bicyclic) bond motifs is 1. The summed E-state index contributed by atoms with van der Waals surface area (Å²) >= 11 is 6.13. The lowest BCUT2D eigenvalue weighted by Gasteiger charge is -2.24. The molecule has 0 spiro atoms. The van der Waals surface area contributed by atoms with E-state index in [9.17, 15) is 9.18 Å². The highest BCUT2D eigenvalue weighted by Crippen LogP contribution is 2.40. The lowest BCUT2D eigenvalue weighted by molar-refractivity contribution is -0.117. The van der Waals surface area contributed by atoms with Gasteiger partial charge in [-0.15, -0.1) is 5.10 Å². The van der Waals surface area contributed by atoms with Crippen LogP contribution in [0.4, 0.5) is 27.7 Å². The maximum Gasteiger partial charge on any atom is 0.247 e. The van der Waals surface area contributed by atoms with Crippen LogP contribution in [0.3, 0.4) is 0 Å². The molecule has 7 rings (SSSR count). The van der Waals surface area contributed by atoms with Crippen molar-refractivity contribution in [2.24, 2.45) is 0 Å². The number of anilines is 4. The van der Waals surface area contributed by atoms with Crippen LogP contribution in [0.1, 0.15) is 36.9 Å². The van der Waals surface area contributed by atoms with E-state index in [1.54, 1.807) is 21.6 Å². The number of pyridine rings is 1. The molecular weight excluding hydrogens is 525 g/mol. The fourth-order valence-electron chi connectivity index (χ4n) is 4.93. The number of aromatic amines is 1. The molecule has 6 heterocycles. The number of carbonyl (C=O) groups excluding carboxylic acids is 1. The van der Waals surface area contributed by atoms with Crippen molar-refractivity contribution in [2.75, 3.05) is 22.1 Å². The molecule has 1 aliphatic carbocycles. The molecule has 2 aliphatic rings. The van der Waals surface area contributed by atoms with Crippen LogP contribution in [0, 0.1) is 5.95 Å². The molecule has 12 nitrogen and oxygen atoms in total. The van der Waals surface area contributed by atoms with Crippen LogP contribution >= 0.6 is 11.6 Å². The van der Waals surface area contributed by atoms with Crippen LogP contribution in [-0.4, -0.2) is 58.1 Å². The van der Waals surface area contributed by atoms with Crippen molar-refractivity contribution < 1.29 is 9.18 Å². The van der Waals surface area contributed by atoms with Gasteiger partial charge in [0.2, 0.25) is 17.8 Å². The van der Waals surface area contributed by atoms with Gasteiger partial charge in [0.1, 0.15) is 11.6 Å². The summed E-state index contributed by atoms with van der Waals surface area (Å²) in [6.45, 7) is 0.415. The van der Waals surface area contributed by atoms with E-state index in [0.29, 0.717) is 47.2 Å². The Bertz CT molecular complexity index is 1660. The van der Waals surface area contributed by atoms with Crippen LogP contribution in [-0.2, 0) is 4.79 Å². The van der Waals surface area contributed by atoms with Gasteiger partial charge in [0.15, 0.2) is 11.6 Å². The first-order chi connectivity index (χ1) is 19.0. The average molecular weight is 548 g/mol. The second-order valence-electron chi connectivity index (χ2n) is 9.76. The van der Waals surface area contributed by atoms with Crippen LogP contribution in [0.15, 0.2) is 55.1 Å². The van der Waals surface area contributed by atoms with E-state index in [1.807, 2.05) is 29.3 Å². The number of hydrogen-bond donors (Lipinski definition) is 3. The summed E-state index contributed by atoms with van der Waals surface area (Å²) < 4.78 is 16.8. The van der Waals surface area contributed by atoms with Gasteiger partial charge in [-0.25, -0.2) is 9.50 Å². The maximum absolute atomic E-state index is 13.5. The molecular formula is C25H23ClFN11O. The lowest BCUT2D eigenvalue weighted by atomic mass is 10.1. The minimum absolute atomic E-state index is 0.160. The number of carbonyl (C=O) groups is 1. The predicted molar refractivity (Wildman–Crippen MR) is 142 cm³/mol. The Kier molecular flexibility index (Phi) is 5.65. The molecule has 39 heavy (non-hydrogen) atoms. The SMILES string of the molecule is O=C(Nc1ccc(F)nc1)[C@@H]1C[C@H](n2cc(Cl)cn2)CN1c1nc(Nc2cc(C3CC3)[nH]n2)c2cccn2n1. The second-order valence-corrected chi connectivity index (χ2v) is 10.2. The van der Waals surface area contributed by atoms with Gasteiger partial charge in [-0.1, -0.05) is 11.6 Å². The van der Waals surface area contributed by atoms with E-state index in [4.69, 9.17) is 21.7 Å². The van der Waals surface area contributed by atoms with Crippen molar-refractivity contribution in [3.05, 3.63) is 71.8 Å². The first-order valence-corrected chi connectivity index (χ1v) is 12.9. The summed E-state index contributed by atoms with van der Waals surface area (Å²) in [5.74, 6) is 1.20. The summed E-state index contributed by atoms with van der Waals surface area (Å²) in [7, 11) is 0. The molecule has 0 unspecified atom stereocenters. The Hall–Kier alpha value is -4.52. The van der Waals surface area contributed by atoms with Crippen molar-refractivity contribution in [1.29, 1.82) is 0 Å². The molecule has 1 saturated heterocycles. The Morgan fingerprint density at radius 2 is 2.10 bits per heavy atom. The third-order valence-corrected chi connectivity index (χ3v) is 7.21. The number of nitrogens with zero attached hydrogens (tertiary/aromatic N) is 8. The predicted octanol–water partition coefficient (Wildman–Crippen LogP) is 3.92. The van der Waals surface area contributed by atoms with Gasteiger partial charge >= 0.3 is 0 Å². The number of hydrogen-bond acceptors (Lipinski definition) is 8. The van der Waals surface area contributed by atoms with Crippen molar-refractivity contribution >= 4 is 46.3 Å². The van der Waals surface area contributed by atoms with Gasteiger partial charge < -0.3 is 15.5 Å². The quantitative estimate of drug-likeness (QED) is 0.261. The van der Waals surface area contributed by atoms with E-state index >= 15 is 0 Å². The average Bonchev–Trinajstić information content (AvgIpc) is 3.33. The zero-order valence-corrected chi connectivity index (χ0v) is 21.3. The molecule has 198 valence electrons. The third kappa shape index (κ3) is 4.65. The van der Waals surface area contributed by atoms with E-state index in [0.717, 1.165) is 24.1 Å². The molecule has 2 fully saturated rings. The Morgan fingerprint density at radius 1 is 1.21 bits per heavy atom. The van der Waals surface area contributed by atoms with Crippen LogP contribution in [0.5, 0.6) is 0 Å². The molecule has 0 bridgehead atoms. The fraction of sp³-hybridized carbons (Fsp3) is 0.280. The van der Waals surface area contributed by atoms with Crippen molar-refractivity contribution in [3.8, 4) is 0 Å². The molecule has 1 aliphatic heterocycles. The monoisotopic (exact) mass is 547 g/mol. The normalized spacial score (nSPS) is 19.1. The highest BCUT2D eigenvalue weighted by atomic mass is 35.5. The standard InChI is InChI=1S/C25H23ClFN11O/c26-15-10-29-38(12-15)17-8-20(24(39)30-16-5-6-21(27)28-11-16)36(13-17)25-32-23(19-2-1-7-37(19)35-25)31-22-9-18(33-34-22)14-3-4-14/h1-2,5-7,9-12,14,17,20H,3-4,8,13H2,(H,30,39)(H2,31,32,33,34,35)/t17-,20-/m0/s1. The number of aromatic nitrogens is 8. The zero-order valence-electron chi connectivity index (χ0n) is 20.5. The molecule has 0 radical (unpaired) electrons. The van der Waals surface area contributed by atoms with Crippen molar-refractivity contribution in [3.63, 3.8) is 0 Å². The number of H-pyrrole nitrogens is 1. The summed E-state index contributed by atoms with van der Waals surface area (Å²) in [6.07, 6.45) is 9.15. The van der Waals surface area contributed by atoms with E-state index in [-0.39, 0.29) is 11.9 Å². The summed E-state index contributed by atoms with van der Waals surface area (Å²) in [4.78, 5) is 23.8. The zero-order chi connectivity index (χ0) is 26.5.